The summed E-state index contributed by atoms with van der Waals surface area (Å²) in [6.45, 7) is 2.18. The molecule has 1 N–H and O–H groups in total. The van der Waals surface area contributed by atoms with Gasteiger partial charge in [-0.15, -0.1) is 12.3 Å². The summed E-state index contributed by atoms with van der Waals surface area (Å²) in [5, 5.41) is 3.24. The molecule has 0 aromatic rings. The molecule has 1 saturated heterocycles. The van der Waals surface area contributed by atoms with Crippen LogP contribution in [0.5, 0.6) is 0 Å². The Kier molecular flexibility index (Phi) is 1.93. The molecule has 1 nitrogen and oxygen atoms in total. The van der Waals surface area contributed by atoms with E-state index in [0.29, 0.717) is 5.92 Å². The van der Waals surface area contributed by atoms with E-state index in [2.05, 4.69) is 11.2 Å². The van der Waals surface area contributed by atoms with Gasteiger partial charge in [0, 0.05) is 12.5 Å². The summed E-state index contributed by atoms with van der Waals surface area (Å²) in [4.78, 5) is 0. The zero-order valence-corrected chi connectivity index (χ0v) is 4.98. The molecule has 0 saturated carbocycles. The van der Waals surface area contributed by atoms with E-state index in [1.54, 1.807) is 0 Å². The van der Waals surface area contributed by atoms with E-state index >= 15 is 0 Å². The Hall–Kier alpha value is -0.480. The largest absolute Gasteiger partial charge is 0.316 e. The molecule has 1 heterocycles. The van der Waals surface area contributed by atoms with E-state index in [4.69, 9.17) is 6.42 Å². The van der Waals surface area contributed by atoms with Gasteiger partial charge in [-0.2, -0.15) is 0 Å². The van der Waals surface area contributed by atoms with Crippen molar-refractivity contribution in [2.45, 2.75) is 12.8 Å². The van der Waals surface area contributed by atoms with Crippen molar-refractivity contribution in [2.75, 3.05) is 13.1 Å². The fourth-order valence-electron chi connectivity index (χ4n) is 0.994. The van der Waals surface area contributed by atoms with Gasteiger partial charge in [0.25, 0.3) is 0 Å². The van der Waals surface area contributed by atoms with E-state index in [1.807, 2.05) is 0 Å². The first-order chi connectivity index (χ1) is 3.93. The van der Waals surface area contributed by atoms with Gasteiger partial charge in [-0.05, 0) is 19.4 Å². The van der Waals surface area contributed by atoms with Crippen LogP contribution >= 0.6 is 0 Å². The van der Waals surface area contributed by atoms with Crippen molar-refractivity contribution in [3.05, 3.63) is 0 Å². The summed E-state index contributed by atoms with van der Waals surface area (Å²) < 4.78 is 0. The number of hydrogen-bond donors (Lipinski definition) is 1. The van der Waals surface area contributed by atoms with E-state index in [-0.39, 0.29) is 0 Å². The molecule has 1 aliphatic heterocycles. The maximum Gasteiger partial charge on any atom is 0.0325 e. The minimum Gasteiger partial charge on any atom is -0.316 e. The summed E-state index contributed by atoms with van der Waals surface area (Å²) >= 11 is 0. The second kappa shape index (κ2) is 2.74. The van der Waals surface area contributed by atoms with E-state index in [0.717, 1.165) is 13.1 Å². The maximum absolute atomic E-state index is 5.21. The first-order valence-corrected chi connectivity index (χ1v) is 3.10. The standard InChI is InChI=1S/C7H11N/c1-2-7-4-3-5-8-6-7/h1,7-8H,3-6H2/t7-/m1/s1. The first kappa shape index (κ1) is 5.65. The summed E-state index contributed by atoms with van der Waals surface area (Å²) in [6, 6.07) is 0. The highest BCUT2D eigenvalue weighted by molar-refractivity contribution is 4.95. The Balaban J connectivity index is 2.25. The lowest BCUT2D eigenvalue weighted by atomic mass is 10.0. The lowest BCUT2D eigenvalue weighted by Crippen LogP contribution is -2.28. The highest BCUT2D eigenvalue weighted by Gasteiger charge is 2.07. The summed E-state index contributed by atoms with van der Waals surface area (Å²) in [7, 11) is 0. The van der Waals surface area contributed by atoms with E-state index < -0.39 is 0 Å². The minimum atomic E-state index is 0.503. The SMILES string of the molecule is C#C[C@@H]1CCCNC1. The number of terminal acetylenes is 1. The highest BCUT2D eigenvalue weighted by Crippen LogP contribution is 2.06. The molecule has 1 fully saturated rings. The van der Waals surface area contributed by atoms with Gasteiger partial charge in [0.1, 0.15) is 0 Å². The van der Waals surface area contributed by atoms with Gasteiger partial charge in [0.15, 0.2) is 0 Å². The quantitative estimate of drug-likeness (QED) is 0.450. The number of hydrogen-bond acceptors (Lipinski definition) is 1. The van der Waals surface area contributed by atoms with Crippen LogP contribution in [-0.2, 0) is 0 Å². The summed E-state index contributed by atoms with van der Waals surface area (Å²) in [5.74, 6) is 3.24. The molecule has 0 bridgehead atoms. The van der Waals surface area contributed by atoms with Crippen LogP contribution in [0.1, 0.15) is 12.8 Å². The average molecular weight is 109 g/mol. The van der Waals surface area contributed by atoms with Gasteiger partial charge < -0.3 is 5.32 Å². The fourth-order valence-corrected chi connectivity index (χ4v) is 0.994. The van der Waals surface area contributed by atoms with Gasteiger partial charge in [0.2, 0.25) is 0 Å². The molecule has 44 valence electrons. The molecule has 0 unspecified atom stereocenters. The van der Waals surface area contributed by atoms with Crippen LogP contribution in [0.15, 0.2) is 0 Å². The lowest BCUT2D eigenvalue weighted by molar-refractivity contribution is 0.449. The van der Waals surface area contributed by atoms with Crippen LogP contribution in [0.3, 0.4) is 0 Å². The lowest BCUT2D eigenvalue weighted by Gasteiger charge is -2.16. The van der Waals surface area contributed by atoms with Gasteiger partial charge in [-0.25, -0.2) is 0 Å². The molecule has 0 radical (unpaired) electrons. The Morgan fingerprint density at radius 1 is 1.62 bits per heavy atom. The van der Waals surface area contributed by atoms with Crippen molar-refractivity contribution in [1.82, 2.24) is 5.32 Å². The zero-order valence-electron chi connectivity index (χ0n) is 4.98. The monoisotopic (exact) mass is 109 g/mol. The minimum absolute atomic E-state index is 0.503. The first-order valence-electron chi connectivity index (χ1n) is 3.10. The predicted molar refractivity (Wildman–Crippen MR) is 34.4 cm³/mol. The number of rotatable bonds is 0. The second-order valence-electron chi connectivity index (χ2n) is 2.21. The van der Waals surface area contributed by atoms with Crippen LogP contribution in [-0.4, -0.2) is 13.1 Å². The molecule has 1 atom stereocenters. The van der Waals surface area contributed by atoms with Gasteiger partial charge >= 0.3 is 0 Å². The van der Waals surface area contributed by atoms with Crippen molar-refractivity contribution in [3.63, 3.8) is 0 Å². The molecule has 0 aromatic carbocycles. The summed E-state index contributed by atoms with van der Waals surface area (Å²) in [6.07, 6.45) is 7.67. The van der Waals surface area contributed by atoms with Gasteiger partial charge in [-0.3, -0.25) is 0 Å². The predicted octanol–water partition coefficient (Wildman–Crippen LogP) is 0.619. The van der Waals surface area contributed by atoms with Crippen molar-refractivity contribution in [1.29, 1.82) is 0 Å². The molecule has 1 heteroatoms. The third kappa shape index (κ3) is 1.24. The Labute approximate surface area is 50.5 Å². The van der Waals surface area contributed by atoms with Crippen LogP contribution in [0, 0.1) is 18.3 Å². The molecule has 8 heavy (non-hydrogen) atoms. The molecule has 0 aromatic heterocycles. The van der Waals surface area contributed by atoms with Crippen LogP contribution < -0.4 is 5.32 Å². The highest BCUT2D eigenvalue weighted by atomic mass is 14.9. The van der Waals surface area contributed by atoms with E-state index in [1.165, 1.54) is 12.8 Å². The Morgan fingerprint density at radius 3 is 2.88 bits per heavy atom. The molecular formula is C7H11N. The average Bonchev–Trinajstić information content (AvgIpc) is 1.90. The van der Waals surface area contributed by atoms with E-state index in [9.17, 15) is 0 Å². The van der Waals surface area contributed by atoms with Crippen molar-refractivity contribution in [2.24, 2.45) is 5.92 Å². The second-order valence-corrected chi connectivity index (χ2v) is 2.21. The number of piperidine rings is 1. The number of nitrogens with one attached hydrogen (secondary N) is 1. The zero-order chi connectivity index (χ0) is 5.82. The van der Waals surface area contributed by atoms with Gasteiger partial charge in [-0.1, -0.05) is 0 Å². The van der Waals surface area contributed by atoms with Crippen molar-refractivity contribution >= 4 is 0 Å². The summed E-state index contributed by atoms with van der Waals surface area (Å²) in [5.41, 5.74) is 0. The Bertz CT molecular complexity index is 95.4. The van der Waals surface area contributed by atoms with Crippen LogP contribution in [0.25, 0.3) is 0 Å². The third-order valence-corrected chi connectivity index (χ3v) is 1.53. The van der Waals surface area contributed by atoms with Crippen LogP contribution in [0.4, 0.5) is 0 Å². The molecule has 1 aliphatic rings. The van der Waals surface area contributed by atoms with Crippen molar-refractivity contribution in [3.8, 4) is 12.3 Å². The van der Waals surface area contributed by atoms with Crippen LogP contribution in [0.2, 0.25) is 0 Å². The maximum atomic E-state index is 5.21. The molecule has 0 amide bonds. The van der Waals surface area contributed by atoms with Crippen molar-refractivity contribution < 1.29 is 0 Å². The molecular weight excluding hydrogens is 98.1 g/mol. The normalized spacial score (nSPS) is 29.1. The molecule has 0 aliphatic carbocycles. The Morgan fingerprint density at radius 2 is 2.50 bits per heavy atom. The molecule has 0 spiro atoms. The van der Waals surface area contributed by atoms with Gasteiger partial charge in [0.05, 0.1) is 0 Å². The topological polar surface area (TPSA) is 12.0 Å². The fraction of sp³-hybridized carbons (Fsp3) is 0.714. The smallest absolute Gasteiger partial charge is 0.0325 e. The molecule has 1 rings (SSSR count). The third-order valence-electron chi connectivity index (χ3n) is 1.53.